The van der Waals surface area contributed by atoms with Gasteiger partial charge in [-0.15, -0.1) is 34.9 Å². The number of carbonyl (C=O) groups is 3. The molecule has 0 fully saturated rings. The molecule has 3 aromatic rings. The molecule has 45 heavy (non-hydrogen) atoms. The Balaban J connectivity index is 1.17. The van der Waals surface area contributed by atoms with Crippen LogP contribution in [0.2, 0.25) is 0 Å². The van der Waals surface area contributed by atoms with E-state index in [1.807, 2.05) is 66.4 Å². The molecule has 0 saturated carbocycles. The molecule has 4 unspecified atom stereocenters. The minimum atomic E-state index is -0.394. The molecule has 4 atom stereocenters. The first kappa shape index (κ1) is 31.5. The normalized spacial score (nSPS) is 20.4. The molecule has 2 aliphatic carbocycles. The monoisotopic (exact) mass is 659 g/mol. The third kappa shape index (κ3) is 6.73. The summed E-state index contributed by atoms with van der Waals surface area (Å²) in [5, 5.41) is 6.53. The molecular formula is C35H37N3O4S3. The molecule has 7 nitrogen and oxygen atoms in total. The Morgan fingerprint density at radius 2 is 1.89 bits per heavy atom. The average Bonchev–Trinajstić information content (AvgIpc) is 3.39. The number of para-hydroxylation sites is 1. The number of carbonyl (C=O) groups excluding carboxylic acids is 3. The molecule has 3 amide bonds. The van der Waals surface area contributed by atoms with Crippen molar-refractivity contribution in [3.8, 4) is 0 Å². The van der Waals surface area contributed by atoms with Gasteiger partial charge in [-0.25, -0.2) is 9.59 Å². The Morgan fingerprint density at radius 1 is 1.07 bits per heavy atom. The van der Waals surface area contributed by atoms with E-state index in [9.17, 15) is 14.4 Å². The number of anilines is 3. The van der Waals surface area contributed by atoms with Gasteiger partial charge in [0.1, 0.15) is 5.00 Å². The second-order valence-corrected chi connectivity index (χ2v) is 15.0. The second kappa shape index (κ2) is 13.9. The van der Waals surface area contributed by atoms with Gasteiger partial charge in [0.05, 0.1) is 34.4 Å². The van der Waals surface area contributed by atoms with Crippen LogP contribution in [0.1, 0.15) is 54.4 Å². The van der Waals surface area contributed by atoms with E-state index in [1.54, 1.807) is 18.7 Å². The van der Waals surface area contributed by atoms with Gasteiger partial charge in [-0.1, -0.05) is 56.4 Å². The maximum atomic E-state index is 13.8. The predicted octanol–water partition coefficient (Wildman–Crippen LogP) is 8.57. The molecule has 2 aromatic carbocycles. The van der Waals surface area contributed by atoms with Crippen LogP contribution < -0.4 is 15.5 Å². The Hall–Kier alpha value is -3.47. The van der Waals surface area contributed by atoms with Crippen LogP contribution in [0.15, 0.2) is 82.6 Å². The summed E-state index contributed by atoms with van der Waals surface area (Å²) >= 11 is 4.72. The molecule has 0 radical (unpaired) electrons. The minimum Gasteiger partial charge on any atom is -0.462 e. The summed E-state index contributed by atoms with van der Waals surface area (Å²) in [6.45, 7) is 6.27. The zero-order valence-electron chi connectivity index (χ0n) is 25.6. The maximum absolute atomic E-state index is 13.8. The molecule has 0 spiro atoms. The van der Waals surface area contributed by atoms with Crippen LogP contribution in [-0.2, 0) is 22.4 Å². The SMILES string of the molecule is CCOC(=O)c1c(NC(=O)C(CC)Sc2cccc(NC(=O)N3c4ccccc4SC4C=CC=CC43)c2)sc2c1CCC(C)C2. The third-order valence-corrected chi connectivity index (χ3v) is 12.1. The largest absolute Gasteiger partial charge is 0.462 e. The predicted molar refractivity (Wildman–Crippen MR) is 186 cm³/mol. The van der Waals surface area contributed by atoms with Crippen LogP contribution in [0.25, 0.3) is 0 Å². The standard InChI is InChI=1S/C35H37N3O4S3/c1-4-27(32(39)37-33-31(34(40)42-5-2)24-18-17-21(3)19-30(24)45-33)43-23-12-10-11-22(20-23)36-35(41)38-25-13-6-8-15-28(25)44-29-16-9-7-14-26(29)38/h6-16,20-21,25,27-28H,4-5,17-19H2,1-3H3,(H,36,41)(H,37,39). The number of allylic oxidation sites excluding steroid dienone is 2. The van der Waals surface area contributed by atoms with Crippen molar-refractivity contribution < 1.29 is 19.1 Å². The van der Waals surface area contributed by atoms with Crippen LogP contribution in [0.4, 0.5) is 21.2 Å². The van der Waals surface area contributed by atoms with Crippen molar-refractivity contribution in [1.82, 2.24) is 0 Å². The van der Waals surface area contributed by atoms with Gasteiger partial charge in [-0.2, -0.15) is 0 Å². The fourth-order valence-corrected chi connectivity index (χ4v) is 9.67. The van der Waals surface area contributed by atoms with E-state index < -0.39 is 5.25 Å². The van der Waals surface area contributed by atoms with E-state index in [4.69, 9.17) is 4.74 Å². The maximum Gasteiger partial charge on any atom is 0.341 e. The van der Waals surface area contributed by atoms with Crippen molar-refractivity contribution >= 4 is 69.1 Å². The van der Waals surface area contributed by atoms with E-state index in [2.05, 4.69) is 35.8 Å². The van der Waals surface area contributed by atoms with Crippen LogP contribution in [-0.4, -0.2) is 41.1 Å². The van der Waals surface area contributed by atoms with Crippen LogP contribution in [0.3, 0.4) is 0 Å². The molecule has 0 bridgehead atoms. The van der Waals surface area contributed by atoms with Crippen LogP contribution in [0, 0.1) is 5.92 Å². The first-order chi connectivity index (χ1) is 21.9. The summed E-state index contributed by atoms with van der Waals surface area (Å²) < 4.78 is 5.39. The molecule has 2 N–H and O–H groups in total. The molecule has 1 aliphatic heterocycles. The Kier molecular flexibility index (Phi) is 9.72. The highest BCUT2D eigenvalue weighted by molar-refractivity contribution is 8.00. The van der Waals surface area contributed by atoms with Crippen molar-refractivity contribution in [2.24, 2.45) is 5.92 Å². The van der Waals surface area contributed by atoms with Gasteiger partial charge in [0.2, 0.25) is 5.91 Å². The van der Waals surface area contributed by atoms with Crippen LogP contribution >= 0.6 is 34.9 Å². The molecule has 1 aromatic heterocycles. The second-order valence-electron chi connectivity index (χ2n) is 11.4. The number of amides is 3. The smallest absolute Gasteiger partial charge is 0.341 e. The molecular weight excluding hydrogens is 623 g/mol. The minimum absolute atomic E-state index is 0.0914. The van der Waals surface area contributed by atoms with Crippen molar-refractivity contribution in [3.05, 3.63) is 88.8 Å². The van der Waals surface area contributed by atoms with Gasteiger partial charge >= 0.3 is 12.0 Å². The first-order valence-corrected chi connectivity index (χ1v) is 18.0. The summed E-state index contributed by atoms with van der Waals surface area (Å²) in [5.74, 6) is 0.0205. The van der Waals surface area contributed by atoms with E-state index in [-0.39, 0.29) is 35.8 Å². The Bertz CT molecular complexity index is 1670. The quantitative estimate of drug-likeness (QED) is 0.186. The molecule has 6 rings (SSSR count). The number of hydrogen-bond acceptors (Lipinski definition) is 7. The lowest BCUT2D eigenvalue weighted by Crippen LogP contribution is -2.49. The van der Waals surface area contributed by atoms with Crippen molar-refractivity contribution in [1.29, 1.82) is 0 Å². The molecule has 10 heteroatoms. The van der Waals surface area contributed by atoms with Crippen LogP contribution in [0.5, 0.6) is 0 Å². The fourth-order valence-electron chi connectivity index (χ4n) is 5.99. The number of thioether (sulfide) groups is 2. The lowest BCUT2D eigenvalue weighted by molar-refractivity contribution is -0.115. The van der Waals surface area contributed by atoms with E-state index >= 15 is 0 Å². The number of nitrogens with one attached hydrogen (secondary N) is 2. The van der Waals surface area contributed by atoms with Crippen molar-refractivity contribution in [2.75, 3.05) is 22.1 Å². The number of hydrogen-bond donors (Lipinski definition) is 2. The molecule has 2 heterocycles. The number of rotatable bonds is 8. The summed E-state index contributed by atoms with van der Waals surface area (Å²) in [4.78, 5) is 45.3. The van der Waals surface area contributed by atoms with Gasteiger partial charge < -0.3 is 15.4 Å². The summed E-state index contributed by atoms with van der Waals surface area (Å²) in [5.41, 5.74) is 3.09. The number of benzene rings is 2. The van der Waals surface area contributed by atoms with Gasteiger partial charge in [-0.3, -0.25) is 9.69 Å². The lowest BCUT2D eigenvalue weighted by Gasteiger charge is -2.40. The highest BCUT2D eigenvalue weighted by atomic mass is 32.2. The van der Waals surface area contributed by atoms with E-state index in [1.165, 1.54) is 23.1 Å². The molecule has 3 aliphatic rings. The van der Waals surface area contributed by atoms with Crippen molar-refractivity contribution in [3.63, 3.8) is 0 Å². The number of ether oxygens (including phenoxy) is 1. The lowest BCUT2D eigenvalue weighted by atomic mass is 9.88. The fraction of sp³-hybridized carbons (Fsp3) is 0.343. The number of esters is 1. The number of fused-ring (bicyclic) bond motifs is 3. The number of thiophene rings is 1. The van der Waals surface area contributed by atoms with E-state index in [0.717, 1.165) is 45.2 Å². The molecule has 234 valence electrons. The molecule has 0 saturated heterocycles. The first-order valence-electron chi connectivity index (χ1n) is 15.5. The highest BCUT2D eigenvalue weighted by Crippen LogP contribution is 2.44. The van der Waals surface area contributed by atoms with Gasteiger partial charge in [0, 0.05) is 20.4 Å². The number of nitrogens with zero attached hydrogens (tertiary/aromatic N) is 1. The zero-order chi connectivity index (χ0) is 31.5. The highest BCUT2D eigenvalue weighted by Gasteiger charge is 2.37. The zero-order valence-corrected chi connectivity index (χ0v) is 28.0. The number of urea groups is 1. The van der Waals surface area contributed by atoms with Gasteiger partial charge in [0.15, 0.2) is 0 Å². The third-order valence-electron chi connectivity index (χ3n) is 8.22. The Morgan fingerprint density at radius 3 is 2.71 bits per heavy atom. The van der Waals surface area contributed by atoms with Gasteiger partial charge in [0.25, 0.3) is 0 Å². The van der Waals surface area contributed by atoms with Crippen molar-refractivity contribution in [2.45, 2.75) is 72.8 Å². The summed E-state index contributed by atoms with van der Waals surface area (Å²) in [6, 6.07) is 15.3. The summed E-state index contributed by atoms with van der Waals surface area (Å²) in [7, 11) is 0. The van der Waals surface area contributed by atoms with Gasteiger partial charge in [-0.05, 0) is 74.4 Å². The van der Waals surface area contributed by atoms with E-state index in [0.29, 0.717) is 28.6 Å². The topological polar surface area (TPSA) is 87.7 Å². The average molecular weight is 660 g/mol. The Labute approximate surface area is 276 Å². The summed E-state index contributed by atoms with van der Waals surface area (Å²) in [6.07, 6.45) is 11.6.